The maximum atomic E-state index is 11.4. The van der Waals surface area contributed by atoms with E-state index in [4.69, 9.17) is 0 Å². The van der Waals surface area contributed by atoms with Crippen LogP contribution in [0.1, 0.15) is 11.1 Å². The summed E-state index contributed by atoms with van der Waals surface area (Å²) in [5.41, 5.74) is 1.92. The van der Waals surface area contributed by atoms with Gasteiger partial charge in [-0.1, -0.05) is 24.3 Å². The van der Waals surface area contributed by atoms with E-state index in [1.807, 2.05) is 36.2 Å². The molecule has 5 nitrogen and oxygen atoms in total. The second-order valence-corrected chi connectivity index (χ2v) is 7.15. The molecule has 0 amide bonds. The summed E-state index contributed by atoms with van der Waals surface area (Å²) in [4.78, 5) is 13.3. The van der Waals surface area contributed by atoms with Crippen LogP contribution in [0, 0.1) is 0 Å². The smallest absolute Gasteiger partial charge is 0.309 e. The van der Waals surface area contributed by atoms with Gasteiger partial charge in [-0.05, 0) is 18.2 Å². The fraction of sp³-hybridized carbons (Fsp3) is 0.500. The molecule has 0 heterocycles. The molecular weight excluding hydrogens is 278 g/mol. The molecule has 0 aliphatic heterocycles. The van der Waals surface area contributed by atoms with Gasteiger partial charge in [-0.3, -0.25) is 4.79 Å². The van der Waals surface area contributed by atoms with Crippen molar-refractivity contribution >= 4 is 15.8 Å². The van der Waals surface area contributed by atoms with Gasteiger partial charge in [0.15, 0.2) is 0 Å². The van der Waals surface area contributed by atoms with Crippen molar-refractivity contribution in [2.45, 2.75) is 13.0 Å². The maximum absolute atomic E-state index is 11.4. The van der Waals surface area contributed by atoms with Gasteiger partial charge < -0.3 is 9.64 Å². The lowest BCUT2D eigenvalue weighted by atomic mass is 10.0. The van der Waals surface area contributed by atoms with Gasteiger partial charge in [0, 0.05) is 19.3 Å². The summed E-state index contributed by atoms with van der Waals surface area (Å²) in [6.45, 7) is 1.06. The van der Waals surface area contributed by atoms with E-state index in [1.165, 1.54) is 13.4 Å². The number of sulfone groups is 1. The van der Waals surface area contributed by atoms with Crippen molar-refractivity contribution in [2.75, 3.05) is 32.7 Å². The Kier molecular flexibility index (Phi) is 6.16. The summed E-state index contributed by atoms with van der Waals surface area (Å²) in [6.07, 6.45) is 1.46. The number of carbonyl (C=O) groups excluding carboxylic acids is 1. The fourth-order valence-corrected chi connectivity index (χ4v) is 2.45. The molecule has 0 spiro atoms. The summed E-state index contributed by atoms with van der Waals surface area (Å²) in [5, 5.41) is 0. The Morgan fingerprint density at radius 2 is 1.85 bits per heavy atom. The molecule has 0 N–H and O–H groups in total. The van der Waals surface area contributed by atoms with E-state index in [0.717, 1.165) is 11.1 Å². The minimum absolute atomic E-state index is 0.128. The Morgan fingerprint density at radius 1 is 1.25 bits per heavy atom. The number of benzene rings is 1. The Hall–Kier alpha value is -1.40. The predicted molar refractivity (Wildman–Crippen MR) is 78.2 cm³/mol. The van der Waals surface area contributed by atoms with E-state index < -0.39 is 9.84 Å². The molecule has 0 aromatic heterocycles. The highest BCUT2D eigenvalue weighted by atomic mass is 32.2. The minimum Gasteiger partial charge on any atom is -0.469 e. The van der Waals surface area contributed by atoms with Gasteiger partial charge >= 0.3 is 5.97 Å². The molecule has 6 heteroatoms. The highest BCUT2D eigenvalue weighted by molar-refractivity contribution is 7.90. The van der Waals surface area contributed by atoms with E-state index in [1.54, 1.807) is 0 Å². The lowest BCUT2D eigenvalue weighted by molar-refractivity contribution is -0.139. The topological polar surface area (TPSA) is 63.7 Å². The summed E-state index contributed by atoms with van der Waals surface area (Å²) >= 11 is 0. The van der Waals surface area contributed by atoms with Crippen LogP contribution in [-0.2, 0) is 32.3 Å². The number of rotatable bonds is 7. The number of ether oxygens (including phenoxy) is 1. The van der Waals surface area contributed by atoms with Crippen LogP contribution < -0.4 is 0 Å². The SMILES string of the molecule is COC(=O)Cc1ccccc1CN(C)CCS(C)(=O)=O. The van der Waals surface area contributed by atoms with Crippen LogP contribution in [0.25, 0.3) is 0 Å². The van der Waals surface area contributed by atoms with Crippen molar-refractivity contribution in [2.24, 2.45) is 0 Å². The maximum Gasteiger partial charge on any atom is 0.309 e. The van der Waals surface area contributed by atoms with Crippen molar-refractivity contribution in [3.8, 4) is 0 Å². The van der Waals surface area contributed by atoms with E-state index >= 15 is 0 Å². The fourth-order valence-electron chi connectivity index (χ4n) is 1.80. The standard InChI is InChI=1S/C14H21NO4S/c1-15(8-9-20(3,17)18)11-13-7-5-4-6-12(13)10-14(16)19-2/h4-7H,8-11H2,1-3H3. The van der Waals surface area contributed by atoms with Crippen LogP contribution in [0.2, 0.25) is 0 Å². The number of carbonyl (C=O) groups is 1. The van der Waals surface area contributed by atoms with E-state index in [0.29, 0.717) is 13.1 Å². The first-order valence-electron chi connectivity index (χ1n) is 6.31. The lowest BCUT2D eigenvalue weighted by Gasteiger charge is -2.18. The average molecular weight is 299 g/mol. The Morgan fingerprint density at radius 3 is 2.40 bits per heavy atom. The van der Waals surface area contributed by atoms with Crippen LogP contribution in [0.15, 0.2) is 24.3 Å². The van der Waals surface area contributed by atoms with Crippen LogP contribution in [-0.4, -0.2) is 52.0 Å². The predicted octanol–water partition coefficient (Wildman–Crippen LogP) is 0.879. The molecule has 0 aliphatic rings. The summed E-state index contributed by atoms with van der Waals surface area (Å²) < 4.78 is 27.0. The first-order chi connectivity index (χ1) is 9.31. The quantitative estimate of drug-likeness (QED) is 0.699. The monoisotopic (exact) mass is 299 g/mol. The Bertz CT molecular complexity index is 554. The van der Waals surface area contributed by atoms with Crippen molar-refractivity contribution < 1.29 is 17.9 Å². The van der Waals surface area contributed by atoms with Crippen LogP contribution in [0.4, 0.5) is 0 Å². The summed E-state index contributed by atoms with van der Waals surface area (Å²) in [5.74, 6) is -0.154. The molecule has 0 bridgehead atoms. The first kappa shape index (κ1) is 16.7. The molecule has 0 radical (unpaired) electrons. The molecule has 0 fully saturated rings. The highest BCUT2D eigenvalue weighted by Gasteiger charge is 2.11. The molecule has 0 saturated carbocycles. The molecule has 0 aliphatic carbocycles. The highest BCUT2D eigenvalue weighted by Crippen LogP contribution is 2.12. The van der Waals surface area contributed by atoms with E-state index in [-0.39, 0.29) is 18.1 Å². The minimum atomic E-state index is -2.96. The molecule has 1 aromatic rings. The van der Waals surface area contributed by atoms with Gasteiger partial charge in [0.05, 0.1) is 19.3 Å². The molecule has 0 saturated heterocycles. The third-order valence-electron chi connectivity index (χ3n) is 2.96. The summed E-state index contributed by atoms with van der Waals surface area (Å²) in [6, 6.07) is 7.60. The van der Waals surface area contributed by atoms with E-state index in [9.17, 15) is 13.2 Å². The number of esters is 1. The number of nitrogens with zero attached hydrogens (tertiary/aromatic N) is 1. The van der Waals surface area contributed by atoms with Crippen molar-refractivity contribution in [3.05, 3.63) is 35.4 Å². The second kappa shape index (κ2) is 7.40. The van der Waals surface area contributed by atoms with Gasteiger partial charge in [0.1, 0.15) is 9.84 Å². The molecule has 0 unspecified atom stereocenters. The molecule has 0 atom stereocenters. The molecule has 1 rings (SSSR count). The van der Waals surface area contributed by atoms with Crippen LogP contribution in [0.3, 0.4) is 0 Å². The summed E-state index contributed by atoms with van der Waals surface area (Å²) in [7, 11) is 0.265. The third kappa shape index (κ3) is 6.16. The number of hydrogen-bond donors (Lipinski definition) is 0. The molecular formula is C14H21NO4S. The van der Waals surface area contributed by atoms with Crippen molar-refractivity contribution in [3.63, 3.8) is 0 Å². The lowest BCUT2D eigenvalue weighted by Crippen LogP contribution is -2.25. The van der Waals surface area contributed by atoms with E-state index in [2.05, 4.69) is 4.74 Å². The normalized spacial score (nSPS) is 11.6. The third-order valence-corrected chi connectivity index (χ3v) is 3.89. The van der Waals surface area contributed by atoms with Crippen LogP contribution in [0.5, 0.6) is 0 Å². The van der Waals surface area contributed by atoms with Gasteiger partial charge in [-0.2, -0.15) is 0 Å². The van der Waals surface area contributed by atoms with Gasteiger partial charge in [-0.15, -0.1) is 0 Å². The van der Waals surface area contributed by atoms with Crippen molar-refractivity contribution in [1.29, 1.82) is 0 Å². The largest absolute Gasteiger partial charge is 0.469 e. The van der Waals surface area contributed by atoms with Gasteiger partial charge in [-0.25, -0.2) is 8.42 Å². The zero-order valence-corrected chi connectivity index (χ0v) is 12.9. The molecule has 20 heavy (non-hydrogen) atoms. The van der Waals surface area contributed by atoms with Gasteiger partial charge in [0.25, 0.3) is 0 Å². The van der Waals surface area contributed by atoms with Crippen molar-refractivity contribution in [1.82, 2.24) is 4.90 Å². The zero-order chi connectivity index (χ0) is 15.2. The first-order valence-corrected chi connectivity index (χ1v) is 8.37. The van der Waals surface area contributed by atoms with Crippen LogP contribution >= 0.6 is 0 Å². The molecule has 1 aromatic carbocycles. The van der Waals surface area contributed by atoms with Gasteiger partial charge in [0.2, 0.25) is 0 Å². The Labute approximate surface area is 120 Å². The zero-order valence-electron chi connectivity index (χ0n) is 12.1. The average Bonchev–Trinajstić information content (AvgIpc) is 2.38. The Balaban J connectivity index is 2.69. The number of methoxy groups -OCH3 is 1. The second-order valence-electron chi connectivity index (χ2n) is 4.89. The molecule has 112 valence electrons. The number of hydrogen-bond acceptors (Lipinski definition) is 5.